The summed E-state index contributed by atoms with van der Waals surface area (Å²) in [7, 11) is 0. The Bertz CT molecular complexity index is 1090. The van der Waals surface area contributed by atoms with Gasteiger partial charge in [-0.3, -0.25) is 15.0 Å². The minimum absolute atomic E-state index is 0.161. The van der Waals surface area contributed by atoms with Crippen LogP contribution in [-0.2, 0) is 16.3 Å². The molecule has 0 aliphatic heterocycles. The molecule has 3 rings (SSSR count). The van der Waals surface area contributed by atoms with Crippen molar-refractivity contribution in [2.45, 2.75) is 6.61 Å². The van der Waals surface area contributed by atoms with Crippen LogP contribution in [0, 0.1) is 5.82 Å². The maximum Gasteiger partial charge on any atom is 0.437 e. The number of amides is 1. The average molecular weight is 475 g/mol. The second-order valence-corrected chi connectivity index (χ2v) is 7.01. The number of hydroxylamine groups is 1. The molecule has 3 aromatic rings. The Morgan fingerprint density at radius 3 is 2.47 bits per heavy atom. The Hall–Kier alpha value is -3.46. The van der Waals surface area contributed by atoms with Gasteiger partial charge in [0.2, 0.25) is 0 Å². The van der Waals surface area contributed by atoms with E-state index in [1.807, 2.05) is 6.07 Å². The minimum Gasteiger partial charge on any atom is -0.296 e. The molecule has 0 aliphatic carbocycles. The summed E-state index contributed by atoms with van der Waals surface area (Å²) in [5, 5.41) is 6.78. The number of hydrogen-bond donors (Lipinski definition) is 2. The zero-order valence-electron chi connectivity index (χ0n) is 16.5. The molecule has 0 unspecified atom stereocenters. The van der Waals surface area contributed by atoms with E-state index in [1.54, 1.807) is 54.6 Å². The maximum absolute atomic E-state index is 13.9. The Balaban J connectivity index is 1.64. The van der Waals surface area contributed by atoms with Gasteiger partial charge in [0.15, 0.2) is 12.2 Å². The van der Waals surface area contributed by atoms with Gasteiger partial charge >= 0.3 is 6.09 Å². The van der Waals surface area contributed by atoms with Crippen molar-refractivity contribution < 1.29 is 18.9 Å². The molecule has 1 amide bonds. The molecule has 164 valence electrons. The van der Waals surface area contributed by atoms with Crippen molar-refractivity contribution in [2.24, 2.45) is 10.1 Å². The topological polar surface area (TPSA) is 84.3 Å². The monoisotopic (exact) mass is 474 g/mol. The number of aliphatic imine (C=N–C) groups is 1. The molecule has 0 aliphatic rings. The van der Waals surface area contributed by atoms with Crippen molar-refractivity contribution >= 4 is 47.2 Å². The number of anilines is 1. The molecular formula is C22H17Cl2FN4O3. The van der Waals surface area contributed by atoms with Gasteiger partial charge < -0.3 is 0 Å². The quantitative estimate of drug-likeness (QED) is 0.196. The van der Waals surface area contributed by atoms with E-state index < -0.39 is 11.9 Å². The van der Waals surface area contributed by atoms with Gasteiger partial charge in [0.25, 0.3) is 0 Å². The maximum atomic E-state index is 13.9. The van der Waals surface area contributed by atoms with Gasteiger partial charge in [-0.05, 0) is 48.5 Å². The van der Waals surface area contributed by atoms with Crippen LogP contribution >= 0.6 is 23.2 Å². The fourth-order valence-corrected chi connectivity index (χ4v) is 2.77. The average Bonchev–Trinajstić information content (AvgIpc) is 2.78. The molecule has 32 heavy (non-hydrogen) atoms. The molecule has 0 fully saturated rings. The molecule has 0 atom stereocenters. The molecule has 0 saturated heterocycles. The van der Waals surface area contributed by atoms with Crippen molar-refractivity contribution in [1.82, 2.24) is 5.48 Å². The Morgan fingerprint density at radius 2 is 1.75 bits per heavy atom. The number of nitrogens with one attached hydrogen (secondary N) is 2. The summed E-state index contributed by atoms with van der Waals surface area (Å²) in [6.45, 7) is -0.161. The molecule has 2 N–H and O–H groups in total. The first-order chi connectivity index (χ1) is 15.5. The number of para-hydroxylation sites is 1. The summed E-state index contributed by atoms with van der Waals surface area (Å²) < 4.78 is 13.9. The summed E-state index contributed by atoms with van der Waals surface area (Å²) in [6, 6.07) is 19.8. The fraction of sp³-hybridized carbons (Fsp3) is 0.0455. The first-order valence-electron chi connectivity index (χ1n) is 9.22. The third-order valence-electron chi connectivity index (χ3n) is 3.95. The highest BCUT2D eigenvalue weighted by Crippen LogP contribution is 2.19. The summed E-state index contributed by atoms with van der Waals surface area (Å²) in [5.41, 5.74) is 3.95. The van der Waals surface area contributed by atoms with Crippen LogP contribution in [0.1, 0.15) is 11.1 Å². The van der Waals surface area contributed by atoms with E-state index in [1.165, 1.54) is 12.1 Å². The van der Waals surface area contributed by atoms with Gasteiger partial charge in [-0.25, -0.2) is 19.7 Å². The smallest absolute Gasteiger partial charge is 0.296 e. The van der Waals surface area contributed by atoms with Gasteiger partial charge in [-0.2, -0.15) is 0 Å². The first kappa shape index (κ1) is 23.2. The van der Waals surface area contributed by atoms with E-state index in [-0.39, 0.29) is 23.0 Å². The molecule has 3 aromatic carbocycles. The number of oxime groups is 1. The van der Waals surface area contributed by atoms with Crippen molar-refractivity contribution in [2.75, 3.05) is 5.32 Å². The molecular weight excluding hydrogens is 458 g/mol. The molecule has 10 heteroatoms. The highest BCUT2D eigenvalue weighted by atomic mass is 35.5. The lowest BCUT2D eigenvalue weighted by molar-refractivity contribution is 0.0698. The van der Waals surface area contributed by atoms with E-state index in [0.29, 0.717) is 16.3 Å². The third-order valence-corrected chi connectivity index (χ3v) is 4.56. The first-order valence-corrected chi connectivity index (χ1v) is 9.98. The largest absolute Gasteiger partial charge is 0.437 e. The lowest BCUT2D eigenvalue weighted by atomic mass is 10.2. The zero-order valence-corrected chi connectivity index (χ0v) is 18.0. The van der Waals surface area contributed by atoms with Crippen LogP contribution in [0.3, 0.4) is 0 Å². The predicted molar refractivity (Wildman–Crippen MR) is 122 cm³/mol. The second kappa shape index (κ2) is 11.8. The summed E-state index contributed by atoms with van der Waals surface area (Å²) in [6.07, 6.45) is 0.232. The molecule has 7 nitrogen and oxygen atoms in total. The molecule has 0 bridgehead atoms. The van der Waals surface area contributed by atoms with E-state index in [9.17, 15) is 9.18 Å². The normalized spacial score (nSPS) is 11.4. The number of carbonyl (C=O) groups excluding carboxylic acids is 1. The number of nitrogens with zero attached hydrogens (tertiary/aromatic N) is 2. The van der Waals surface area contributed by atoms with Crippen molar-refractivity contribution in [3.63, 3.8) is 0 Å². The van der Waals surface area contributed by atoms with E-state index in [0.717, 1.165) is 6.34 Å². The highest BCUT2D eigenvalue weighted by Gasteiger charge is 2.09. The summed E-state index contributed by atoms with van der Waals surface area (Å²) >= 11 is 11.9. The Morgan fingerprint density at radius 1 is 1.00 bits per heavy atom. The lowest BCUT2D eigenvalue weighted by Crippen LogP contribution is -2.25. The number of carbonyl (C=O) groups is 1. The number of rotatable bonds is 7. The molecule has 0 radical (unpaired) electrons. The Labute approximate surface area is 193 Å². The Kier molecular flexibility index (Phi) is 8.56. The van der Waals surface area contributed by atoms with Crippen molar-refractivity contribution in [1.29, 1.82) is 0 Å². The van der Waals surface area contributed by atoms with Gasteiger partial charge in [0.1, 0.15) is 12.4 Å². The summed E-state index contributed by atoms with van der Waals surface area (Å²) in [4.78, 5) is 25.9. The van der Waals surface area contributed by atoms with Gasteiger partial charge in [0, 0.05) is 26.9 Å². The van der Waals surface area contributed by atoms with Crippen LogP contribution in [0.5, 0.6) is 0 Å². The summed E-state index contributed by atoms with van der Waals surface area (Å²) in [5.74, 6) is -0.284. The van der Waals surface area contributed by atoms with E-state index in [4.69, 9.17) is 32.9 Å². The lowest BCUT2D eigenvalue weighted by Gasteiger charge is -2.11. The standard InChI is InChI=1S/C22H17Cl2FN4O3/c23-16-11-9-15(10-12-16)21(29-31-13-18-19(24)7-4-8-20(18)25)26-14-27-32-22(30)28-17-5-2-1-3-6-17/h1-12,14H,13H2,(H,28,30)(H,26,27,29). The molecule has 0 saturated carbocycles. The van der Waals surface area contributed by atoms with Crippen LogP contribution in [0.4, 0.5) is 14.9 Å². The van der Waals surface area contributed by atoms with Gasteiger partial charge in [0.05, 0.1) is 0 Å². The zero-order chi connectivity index (χ0) is 22.8. The van der Waals surface area contributed by atoms with Gasteiger partial charge in [-0.15, -0.1) is 0 Å². The molecule has 0 heterocycles. The van der Waals surface area contributed by atoms with Crippen LogP contribution < -0.4 is 10.8 Å². The minimum atomic E-state index is -0.783. The SMILES string of the molecule is O=C(Nc1ccccc1)O/N=C/N=C(NOCc1c(F)cccc1Cl)c1ccc(Cl)cc1. The van der Waals surface area contributed by atoms with Crippen LogP contribution in [-0.4, -0.2) is 18.3 Å². The van der Waals surface area contributed by atoms with Crippen molar-refractivity contribution in [3.05, 3.63) is 99.8 Å². The highest BCUT2D eigenvalue weighted by molar-refractivity contribution is 6.31. The predicted octanol–water partition coefficient (Wildman–Crippen LogP) is 5.79. The van der Waals surface area contributed by atoms with Crippen LogP contribution in [0.15, 0.2) is 82.9 Å². The van der Waals surface area contributed by atoms with Gasteiger partial charge in [-0.1, -0.05) is 52.6 Å². The number of halogens is 3. The number of hydrogen-bond acceptors (Lipinski definition) is 4. The fourth-order valence-electron chi connectivity index (χ4n) is 2.43. The van der Waals surface area contributed by atoms with Crippen LogP contribution in [0.2, 0.25) is 10.0 Å². The molecule has 0 aromatic heterocycles. The number of benzene rings is 3. The second-order valence-electron chi connectivity index (χ2n) is 6.17. The van der Waals surface area contributed by atoms with E-state index >= 15 is 0 Å². The van der Waals surface area contributed by atoms with Crippen LogP contribution in [0.25, 0.3) is 0 Å². The number of amidine groups is 1. The third kappa shape index (κ3) is 7.05. The molecule has 0 spiro atoms. The van der Waals surface area contributed by atoms with E-state index in [2.05, 4.69) is 20.9 Å². The van der Waals surface area contributed by atoms with Crippen molar-refractivity contribution in [3.8, 4) is 0 Å².